The van der Waals surface area contributed by atoms with Crippen LogP contribution in [0.4, 0.5) is 4.39 Å². The second-order valence-electron chi connectivity index (χ2n) is 4.71. The minimum Gasteiger partial charge on any atom is -0.393 e. The first-order chi connectivity index (χ1) is 8.49. The molecule has 0 saturated carbocycles. The Kier molecular flexibility index (Phi) is 4.02. The summed E-state index contributed by atoms with van der Waals surface area (Å²) in [5.41, 5.74) is 0.465. The van der Waals surface area contributed by atoms with Crippen LogP contribution in [0.5, 0.6) is 0 Å². The number of likely N-dealkylation sites (tertiary alicyclic amines) is 1. The van der Waals surface area contributed by atoms with Gasteiger partial charge in [0.05, 0.1) is 10.6 Å². The van der Waals surface area contributed by atoms with Gasteiger partial charge in [0, 0.05) is 18.7 Å². The summed E-state index contributed by atoms with van der Waals surface area (Å²) in [6.45, 7) is 3.00. The summed E-state index contributed by atoms with van der Waals surface area (Å²) in [4.78, 5) is 13.9. The summed E-state index contributed by atoms with van der Waals surface area (Å²) in [6, 6.07) is 4.25. The molecule has 1 fully saturated rings. The Labute approximate surface area is 114 Å². The normalized spacial score (nSPS) is 24.1. The molecule has 1 saturated heterocycles. The Morgan fingerprint density at radius 1 is 1.56 bits per heavy atom. The fourth-order valence-electron chi connectivity index (χ4n) is 2.13. The Morgan fingerprint density at radius 3 is 2.89 bits per heavy atom. The number of carbonyl (C=O) groups excluding carboxylic acids is 1. The number of halogens is 2. The van der Waals surface area contributed by atoms with Crippen LogP contribution in [-0.2, 0) is 0 Å². The number of aliphatic hydroxyl groups excluding tert-OH is 1. The van der Waals surface area contributed by atoms with Gasteiger partial charge in [-0.1, -0.05) is 6.92 Å². The molecule has 2 atom stereocenters. The van der Waals surface area contributed by atoms with E-state index in [0.29, 0.717) is 29.5 Å². The minimum atomic E-state index is -0.381. The van der Waals surface area contributed by atoms with Gasteiger partial charge in [0.1, 0.15) is 5.82 Å². The van der Waals surface area contributed by atoms with Gasteiger partial charge in [0.15, 0.2) is 0 Å². The lowest BCUT2D eigenvalue weighted by atomic mass is 9.96. The molecule has 1 aromatic rings. The summed E-state index contributed by atoms with van der Waals surface area (Å²) in [5.74, 6) is -0.421. The molecule has 98 valence electrons. The maximum atomic E-state index is 13.1. The average molecular weight is 316 g/mol. The Hall–Kier alpha value is -0.940. The molecule has 5 heteroatoms. The third kappa shape index (κ3) is 2.72. The van der Waals surface area contributed by atoms with Crippen molar-refractivity contribution in [3.05, 3.63) is 34.1 Å². The lowest BCUT2D eigenvalue weighted by Gasteiger charge is -2.34. The number of piperidine rings is 1. The zero-order valence-electron chi connectivity index (χ0n) is 10.1. The lowest BCUT2D eigenvalue weighted by molar-refractivity contribution is 0.0297. The van der Waals surface area contributed by atoms with Crippen LogP contribution < -0.4 is 0 Å². The highest BCUT2D eigenvalue weighted by atomic mass is 79.9. The first kappa shape index (κ1) is 13.5. The molecule has 18 heavy (non-hydrogen) atoms. The predicted octanol–water partition coefficient (Wildman–Crippen LogP) is 2.43. The van der Waals surface area contributed by atoms with Crippen molar-refractivity contribution in [3.63, 3.8) is 0 Å². The highest BCUT2D eigenvalue weighted by molar-refractivity contribution is 9.10. The molecule has 2 rings (SSSR count). The molecule has 1 aliphatic rings. The number of amides is 1. The van der Waals surface area contributed by atoms with Crippen LogP contribution in [0, 0.1) is 11.7 Å². The number of hydrogen-bond acceptors (Lipinski definition) is 2. The number of rotatable bonds is 1. The molecule has 0 spiro atoms. The third-order valence-electron chi connectivity index (χ3n) is 3.31. The van der Waals surface area contributed by atoms with Crippen molar-refractivity contribution in [2.45, 2.75) is 19.4 Å². The number of carbonyl (C=O) groups is 1. The molecular formula is C13H15BrFNO2. The van der Waals surface area contributed by atoms with E-state index in [1.54, 1.807) is 4.90 Å². The van der Waals surface area contributed by atoms with Gasteiger partial charge in [-0.3, -0.25) is 4.79 Å². The average Bonchev–Trinajstić information content (AvgIpc) is 2.35. The lowest BCUT2D eigenvalue weighted by Crippen LogP contribution is -2.44. The van der Waals surface area contributed by atoms with E-state index in [-0.39, 0.29) is 23.7 Å². The summed E-state index contributed by atoms with van der Waals surface area (Å²) < 4.78 is 13.4. The van der Waals surface area contributed by atoms with Crippen LogP contribution in [-0.4, -0.2) is 35.1 Å². The van der Waals surface area contributed by atoms with Gasteiger partial charge in [0.2, 0.25) is 0 Å². The highest BCUT2D eigenvalue weighted by Crippen LogP contribution is 2.21. The first-order valence-electron chi connectivity index (χ1n) is 5.91. The Bertz CT molecular complexity index is 466. The number of hydrogen-bond donors (Lipinski definition) is 1. The molecule has 0 radical (unpaired) electrons. The monoisotopic (exact) mass is 315 g/mol. The molecule has 3 nitrogen and oxygen atoms in total. The van der Waals surface area contributed by atoms with Crippen LogP contribution in [0.2, 0.25) is 0 Å². The number of aliphatic hydroxyl groups is 1. The smallest absolute Gasteiger partial charge is 0.253 e. The zero-order chi connectivity index (χ0) is 13.3. The third-order valence-corrected chi connectivity index (χ3v) is 3.92. The van der Waals surface area contributed by atoms with Crippen LogP contribution >= 0.6 is 15.9 Å². The standard InChI is InChI=1S/C13H15BrFNO2/c1-8-7-16(5-4-12(8)17)13(18)9-2-3-11(15)10(14)6-9/h2-3,6,8,12,17H,4-5,7H2,1H3. The minimum absolute atomic E-state index is 0.0755. The van der Waals surface area contributed by atoms with Gasteiger partial charge < -0.3 is 10.0 Å². The number of benzene rings is 1. The number of nitrogens with zero attached hydrogens (tertiary/aromatic N) is 1. The van der Waals surface area contributed by atoms with Crippen LogP contribution in [0.25, 0.3) is 0 Å². The predicted molar refractivity (Wildman–Crippen MR) is 69.8 cm³/mol. The van der Waals surface area contributed by atoms with E-state index in [4.69, 9.17) is 0 Å². The summed E-state index contributed by atoms with van der Waals surface area (Å²) >= 11 is 3.07. The maximum Gasteiger partial charge on any atom is 0.253 e. The van der Waals surface area contributed by atoms with Crippen molar-refractivity contribution in [1.82, 2.24) is 4.90 Å². The van der Waals surface area contributed by atoms with Gasteiger partial charge in [-0.05, 0) is 46.5 Å². The van der Waals surface area contributed by atoms with Crippen molar-refractivity contribution >= 4 is 21.8 Å². The summed E-state index contributed by atoms with van der Waals surface area (Å²) in [7, 11) is 0. The molecular weight excluding hydrogens is 301 g/mol. The highest BCUT2D eigenvalue weighted by Gasteiger charge is 2.27. The van der Waals surface area contributed by atoms with E-state index < -0.39 is 0 Å². The molecule has 1 aromatic carbocycles. The molecule has 2 unspecified atom stereocenters. The van der Waals surface area contributed by atoms with Crippen LogP contribution in [0.1, 0.15) is 23.7 Å². The molecule has 0 aromatic heterocycles. The first-order valence-corrected chi connectivity index (χ1v) is 6.70. The van der Waals surface area contributed by atoms with Gasteiger partial charge in [-0.15, -0.1) is 0 Å². The van der Waals surface area contributed by atoms with Crippen molar-refractivity contribution in [2.24, 2.45) is 5.92 Å². The zero-order valence-corrected chi connectivity index (χ0v) is 11.7. The van der Waals surface area contributed by atoms with Gasteiger partial charge >= 0.3 is 0 Å². The molecule has 0 bridgehead atoms. The van der Waals surface area contributed by atoms with E-state index in [1.807, 2.05) is 6.92 Å². The van der Waals surface area contributed by atoms with Crippen molar-refractivity contribution in [2.75, 3.05) is 13.1 Å². The molecule has 0 aliphatic carbocycles. The van der Waals surface area contributed by atoms with Gasteiger partial charge in [0.25, 0.3) is 5.91 Å². The molecule has 1 aliphatic heterocycles. The Morgan fingerprint density at radius 2 is 2.28 bits per heavy atom. The molecule has 1 heterocycles. The van der Waals surface area contributed by atoms with Crippen LogP contribution in [0.3, 0.4) is 0 Å². The van der Waals surface area contributed by atoms with Gasteiger partial charge in [-0.25, -0.2) is 4.39 Å². The Balaban J connectivity index is 2.14. The topological polar surface area (TPSA) is 40.5 Å². The van der Waals surface area contributed by atoms with E-state index in [1.165, 1.54) is 18.2 Å². The summed E-state index contributed by atoms with van der Waals surface area (Å²) in [6.07, 6.45) is 0.254. The fraction of sp³-hybridized carbons (Fsp3) is 0.462. The van der Waals surface area contributed by atoms with Crippen LogP contribution in [0.15, 0.2) is 22.7 Å². The van der Waals surface area contributed by atoms with Crippen molar-refractivity contribution in [1.29, 1.82) is 0 Å². The summed E-state index contributed by atoms with van der Waals surface area (Å²) in [5, 5.41) is 9.63. The second-order valence-corrected chi connectivity index (χ2v) is 5.57. The molecule has 1 amide bonds. The SMILES string of the molecule is CC1CN(C(=O)c2ccc(F)c(Br)c2)CCC1O. The quantitative estimate of drug-likeness (QED) is 0.864. The largest absolute Gasteiger partial charge is 0.393 e. The van der Waals surface area contributed by atoms with E-state index in [9.17, 15) is 14.3 Å². The maximum absolute atomic E-state index is 13.1. The van der Waals surface area contributed by atoms with E-state index in [0.717, 1.165) is 0 Å². The fourth-order valence-corrected chi connectivity index (χ4v) is 2.51. The van der Waals surface area contributed by atoms with Crippen molar-refractivity contribution in [3.8, 4) is 0 Å². The van der Waals surface area contributed by atoms with Gasteiger partial charge in [-0.2, -0.15) is 0 Å². The molecule has 1 N–H and O–H groups in total. The van der Waals surface area contributed by atoms with Crippen molar-refractivity contribution < 1.29 is 14.3 Å². The van der Waals surface area contributed by atoms with E-state index >= 15 is 0 Å². The second kappa shape index (κ2) is 5.36. The van der Waals surface area contributed by atoms with E-state index in [2.05, 4.69) is 15.9 Å².